The lowest BCUT2D eigenvalue weighted by Gasteiger charge is -2.31. The van der Waals surface area contributed by atoms with Crippen LogP contribution in [0.4, 0.5) is 5.82 Å². The topological polar surface area (TPSA) is 59.7 Å². The lowest BCUT2D eigenvalue weighted by atomic mass is 9.97. The smallest absolute Gasteiger partial charge is 0.308 e. The maximum absolute atomic E-state index is 11.6. The molecule has 0 aromatic carbocycles. The number of hydrogen-bond acceptors (Lipinski definition) is 5. The van der Waals surface area contributed by atoms with Gasteiger partial charge in [0.2, 0.25) is 0 Å². The van der Waals surface area contributed by atoms with Crippen molar-refractivity contribution in [3.8, 4) is 0 Å². The van der Waals surface area contributed by atoms with Crippen LogP contribution in [0.5, 0.6) is 0 Å². The van der Waals surface area contributed by atoms with E-state index in [1.807, 2.05) is 23.7 Å². The van der Waals surface area contributed by atoms with Crippen LogP contribution in [0.3, 0.4) is 0 Å². The zero-order valence-electron chi connectivity index (χ0n) is 11.7. The fourth-order valence-corrected chi connectivity index (χ4v) is 2.77. The number of piperidine rings is 1. The molecule has 3 rings (SSSR count). The van der Waals surface area contributed by atoms with Gasteiger partial charge in [-0.25, -0.2) is 9.50 Å². The van der Waals surface area contributed by atoms with Crippen LogP contribution in [0, 0.1) is 12.8 Å². The summed E-state index contributed by atoms with van der Waals surface area (Å²) in [7, 11) is 1.45. The number of hydrogen-bond donors (Lipinski definition) is 0. The first-order valence-electron chi connectivity index (χ1n) is 6.83. The van der Waals surface area contributed by atoms with Gasteiger partial charge >= 0.3 is 5.97 Å². The number of esters is 1. The van der Waals surface area contributed by atoms with Crippen LogP contribution in [-0.4, -0.2) is 40.8 Å². The van der Waals surface area contributed by atoms with Gasteiger partial charge in [0.25, 0.3) is 0 Å². The van der Waals surface area contributed by atoms with Crippen LogP contribution in [-0.2, 0) is 9.53 Å². The van der Waals surface area contributed by atoms with Crippen molar-refractivity contribution in [3.05, 3.63) is 24.2 Å². The molecular formula is C14H18N4O2. The number of carbonyl (C=O) groups excluding carboxylic acids is 1. The molecule has 0 bridgehead atoms. The normalized spacial score (nSPS) is 16.6. The highest BCUT2D eigenvalue weighted by Crippen LogP contribution is 2.26. The third-order valence-corrected chi connectivity index (χ3v) is 3.82. The molecule has 0 aliphatic carbocycles. The van der Waals surface area contributed by atoms with E-state index in [-0.39, 0.29) is 11.9 Å². The van der Waals surface area contributed by atoms with E-state index in [4.69, 9.17) is 4.74 Å². The molecule has 0 radical (unpaired) electrons. The highest BCUT2D eigenvalue weighted by atomic mass is 16.5. The molecule has 2 aromatic rings. The van der Waals surface area contributed by atoms with Crippen LogP contribution in [0.2, 0.25) is 0 Å². The number of anilines is 1. The van der Waals surface area contributed by atoms with Crippen LogP contribution in [0.15, 0.2) is 18.5 Å². The molecule has 6 heteroatoms. The van der Waals surface area contributed by atoms with Crippen molar-refractivity contribution in [1.82, 2.24) is 14.6 Å². The predicted octanol–water partition coefficient (Wildman–Crippen LogP) is 1.43. The zero-order chi connectivity index (χ0) is 14.1. The van der Waals surface area contributed by atoms with Gasteiger partial charge in [-0.1, -0.05) is 0 Å². The lowest BCUT2D eigenvalue weighted by molar-refractivity contribution is -0.146. The highest BCUT2D eigenvalue weighted by Gasteiger charge is 2.27. The first kappa shape index (κ1) is 12.9. The monoisotopic (exact) mass is 274 g/mol. The van der Waals surface area contributed by atoms with E-state index < -0.39 is 0 Å². The lowest BCUT2D eigenvalue weighted by Crippen LogP contribution is -2.37. The summed E-state index contributed by atoms with van der Waals surface area (Å²) in [6, 6.07) is 2.04. The average Bonchev–Trinajstić information content (AvgIpc) is 2.86. The van der Waals surface area contributed by atoms with Crippen LogP contribution < -0.4 is 4.90 Å². The number of aromatic nitrogens is 3. The summed E-state index contributed by atoms with van der Waals surface area (Å²) in [5.74, 6) is 0.857. The summed E-state index contributed by atoms with van der Waals surface area (Å²) in [6.45, 7) is 3.60. The minimum atomic E-state index is -0.101. The van der Waals surface area contributed by atoms with Gasteiger partial charge < -0.3 is 9.64 Å². The molecule has 6 nitrogen and oxygen atoms in total. The van der Waals surface area contributed by atoms with Gasteiger partial charge in [0.15, 0.2) is 5.82 Å². The Morgan fingerprint density at radius 2 is 2.15 bits per heavy atom. The maximum Gasteiger partial charge on any atom is 0.308 e. The Balaban J connectivity index is 1.81. The molecule has 0 saturated carbocycles. The summed E-state index contributed by atoms with van der Waals surface area (Å²) < 4.78 is 6.67. The molecule has 20 heavy (non-hydrogen) atoms. The number of methoxy groups -OCH3 is 1. The molecule has 0 spiro atoms. The third kappa shape index (κ3) is 2.21. The summed E-state index contributed by atoms with van der Waals surface area (Å²) in [5, 5.41) is 4.40. The molecule has 0 atom stereocenters. The Morgan fingerprint density at radius 1 is 1.40 bits per heavy atom. The maximum atomic E-state index is 11.6. The number of carbonyl (C=O) groups is 1. The number of fused-ring (bicyclic) bond motifs is 1. The molecule has 0 amide bonds. The van der Waals surface area contributed by atoms with Gasteiger partial charge in [0.1, 0.15) is 5.52 Å². The Labute approximate surface area is 117 Å². The number of nitrogens with zero attached hydrogens (tertiary/aromatic N) is 4. The summed E-state index contributed by atoms with van der Waals surface area (Å²) in [4.78, 5) is 18.3. The van der Waals surface area contributed by atoms with E-state index in [1.54, 1.807) is 6.20 Å². The summed E-state index contributed by atoms with van der Waals surface area (Å²) in [5.41, 5.74) is 1.99. The van der Waals surface area contributed by atoms with Crippen molar-refractivity contribution in [2.45, 2.75) is 19.8 Å². The average molecular weight is 274 g/mol. The SMILES string of the molecule is COC(=O)C1CCN(c2nccn3nc(C)cc23)CC1. The van der Waals surface area contributed by atoms with E-state index in [0.717, 1.165) is 43.0 Å². The van der Waals surface area contributed by atoms with Gasteiger partial charge in [-0.3, -0.25) is 4.79 Å². The molecule has 3 heterocycles. The van der Waals surface area contributed by atoms with Crippen molar-refractivity contribution < 1.29 is 9.53 Å². The molecule has 1 saturated heterocycles. The molecule has 0 unspecified atom stereocenters. The molecular weight excluding hydrogens is 256 g/mol. The van der Waals surface area contributed by atoms with E-state index in [2.05, 4.69) is 15.0 Å². The van der Waals surface area contributed by atoms with Crippen molar-refractivity contribution in [1.29, 1.82) is 0 Å². The molecule has 2 aromatic heterocycles. The number of aryl methyl sites for hydroxylation is 1. The zero-order valence-corrected chi connectivity index (χ0v) is 11.7. The Morgan fingerprint density at radius 3 is 2.85 bits per heavy atom. The largest absolute Gasteiger partial charge is 0.469 e. The first-order valence-corrected chi connectivity index (χ1v) is 6.83. The van der Waals surface area contributed by atoms with Gasteiger partial charge in [0, 0.05) is 25.5 Å². The van der Waals surface area contributed by atoms with Crippen molar-refractivity contribution >= 4 is 17.3 Å². The fraction of sp³-hybridized carbons (Fsp3) is 0.500. The molecule has 1 aliphatic heterocycles. The third-order valence-electron chi connectivity index (χ3n) is 3.82. The number of rotatable bonds is 2. The minimum Gasteiger partial charge on any atom is -0.469 e. The summed E-state index contributed by atoms with van der Waals surface area (Å²) in [6.07, 6.45) is 5.24. The second-order valence-corrected chi connectivity index (χ2v) is 5.15. The Kier molecular flexibility index (Phi) is 3.30. The molecule has 1 aliphatic rings. The minimum absolute atomic E-state index is 0.0163. The van der Waals surface area contributed by atoms with E-state index in [9.17, 15) is 4.79 Å². The first-order chi connectivity index (χ1) is 9.69. The van der Waals surface area contributed by atoms with Crippen LogP contribution >= 0.6 is 0 Å². The van der Waals surface area contributed by atoms with Crippen molar-refractivity contribution in [2.24, 2.45) is 5.92 Å². The van der Waals surface area contributed by atoms with E-state index in [1.165, 1.54) is 7.11 Å². The Bertz CT molecular complexity index is 629. The quantitative estimate of drug-likeness (QED) is 0.775. The van der Waals surface area contributed by atoms with E-state index in [0.29, 0.717) is 0 Å². The van der Waals surface area contributed by atoms with Crippen LogP contribution in [0.25, 0.3) is 5.52 Å². The predicted molar refractivity (Wildman–Crippen MR) is 74.7 cm³/mol. The van der Waals surface area contributed by atoms with Gasteiger partial charge in [0.05, 0.1) is 18.7 Å². The highest BCUT2D eigenvalue weighted by molar-refractivity contribution is 5.73. The van der Waals surface area contributed by atoms with Crippen LogP contribution in [0.1, 0.15) is 18.5 Å². The van der Waals surface area contributed by atoms with Gasteiger partial charge in [-0.2, -0.15) is 5.10 Å². The second-order valence-electron chi connectivity index (χ2n) is 5.15. The van der Waals surface area contributed by atoms with E-state index >= 15 is 0 Å². The fourth-order valence-electron chi connectivity index (χ4n) is 2.77. The number of ether oxygens (including phenoxy) is 1. The Hall–Kier alpha value is -2.11. The standard InChI is InChI=1S/C14H18N4O2/c1-10-9-12-13(15-5-8-18(12)16-10)17-6-3-11(4-7-17)14(19)20-2/h5,8-9,11H,3-4,6-7H2,1-2H3. The molecule has 1 fully saturated rings. The molecule has 106 valence electrons. The van der Waals surface area contributed by atoms with Gasteiger partial charge in [-0.05, 0) is 25.8 Å². The van der Waals surface area contributed by atoms with Crippen molar-refractivity contribution in [3.63, 3.8) is 0 Å². The second kappa shape index (κ2) is 5.11. The molecule has 0 N–H and O–H groups in total. The van der Waals surface area contributed by atoms with Crippen molar-refractivity contribution in [2.75, 3.05) is 25.1 Å². The summed E-state index contributed by atoms with van der Waals surface area (Å²) >= 11 is 0. The van der Waals surface area contributed by atoms with Gasteiger partial charge in [-0.15, -0.1) is 0 Å².